The fraction of sp³-hybridized carbons (Fsp3) is 0.467. The average Bonchev–Trinajstić information content (AvgIpc) is 2.87. The maximum atomic E-state index is 15.4. The lowest BCUT2D eigenvalue weighted by atomic mass is 9.91. The Bertz CT molecular complexity index is 1500. The second kappa shape index (κ2) is 10.9. The predicted octanol–water partition coefficient (Wildman–Crippen LogP) is 6.53. The number of aromatic nitrogens is 3. The highest BCUT2D eigenvalue weighted by Crippen LogP contribution is 2.41. The molecule has 1 aliphatic rings. The van der Waals surface area contributed by atoms with Crippen molar-refractivity contribution in [2.24, 2.45) is 0 Å². The summed E-state index contributed by atoms with van der Waals surface area (Å²) in [7, 11) is 0. The number of halogens is 3. The van der Waals surface area contributed by atoms with Crippen LogP contribution in [-0.2, 0) is 10.7 Å². The van der Waals surface area contributed by atoms with Gasteiger partial charge in [0.05, 0.1) is 17.0 Å². The first kappa shape index (κ1) is 30.2. The van der Waals surface area contributed by atoms with Crippen LogP contribution < -0.4 is 5.32 Å². The third-order valence-electron chi connectivity index (χ3n) is 6.85. The Morgan fingerprint density at radius 1 is 1.17 bits per heavy atom. The van der Waals surface area contributed by atoms with Crippen LogP contribution >= 0.6 is 0 Å². The topological polar surface area (TPSA) is 100 Å². The summed E-state index contributed by atoms with van der Waals surface area (Å²) in [5, 5.41) is 13.7. The summed E-state index contributed by atoms with van der Waals surface area (Å²) >= 11 is 0. The Balaban J connectivity index is 1.63. The van der Waals surface area contributed by atoms with Gasteiger partial charge in [0, 0.05) is 24.8 Å². The zero-order chi connectivity index (χ0) is 30.3. The van der Waals surface area contributed by atoms with Gasteiger partial charge in [-0.15, -0.1) is 0 Å². The van der Waals surface area contributed by atoms with E-state index in [0.717, 1.165) is 31.1 Å². The molecule has 1 aromatic carbocycles. The molecule has 11 heteroatoms. The number of carbonyl (C=O) groups excluding carboxylic acids is 1. The Morgan fingerprint density at radius 3 is 2.49 bits per heavy atom. The van der Waals surface area contributed by atoms with Gasteiger partial charge in [0.15, 0.2) is 5.65 Å². The van der Waals surface area contributed by atoms with E-state index in [-0.39, 0.29) is 11.7 Å². The lowest BCUT2D eigenvalue weighted by Gasteiger charge is -2.30. The van der Waals surface area contributed by atoms with Crippen molar-refractivity contribution >= 4 is 28.5 Å². The molecule has 0 saturated carbocycles. The van der Waals surface area contributed by atoms with E-state index < -0.39 is 34.5 Å². The van der Waals surface area contributed by atoms with Crippen LogP contribution in [0.2, 0.25) is 0 Å². The largest absolute Gasteiger partial charge is 0.444 e. The fourth-order valence-corrected chi connectivity index (χ4v) is 4.57. The summed E-state index contributed by atoms with van der Waals surface area (Å²) in [6.45, 7) is 11.6. The second-order valence-electron chi connectivity index (χ2n) is 11.8. The SMILES string of the molecule is Cc1nc(N[C@H](C)c2cccc(C(F)(F)C(C)(C)O)c2F)c2cc(C3=CCN(C(=O)OC(C)(C)C)CC3)cnc2n1. The van der Waals surface area contributed by atoms with Gasteiger partial charge in [-0.3, -0.25) is 0 Å². The molecular weight excluding hydrogens is 535 g/mol. The summed E-state index contributed by atoms with van der Waals surface area (Å²) in [4.78, 5) is 27.5. The molecule has 220 valence electrons. The van der Waals surface area contributed by atoms with Gasteiger partial charge in [0.1, 0.15) is 28.7 Å². The maximum Gasteiger partial charge on any atom is 0.410 e. The van der Waals surface area contributed by atoms with Crippen molar-refractivity contribution < 1.29 is 27.8 Å². The number of aryl methyl sites for hydroxylation is 1. The highest BCUT2D eigenvalue weighted by molar-refractivity contribution is 5.89. The van der Waals surface area contributed by atoms with Crippen molar-refractivity contribution in [1.82, 2.24) is 19.9 Å². The van der Waals surface area contributed by atoms with Gasteiger partial charge in [-0.2, -0.15) is 8.78 Å². The van der Waals surface area contributed by atoms with E-state index >= 15 is 4.39 Å². The number of nitrogens with one attached hydrogen (secondary N) is 1. The molecule has 2 N–H and O–H groups in total. The van der Waals surface area contributed by atoms with Gasteiger partial charge in [0.2, 0.25) is 0 Å². The van der Waals surface area contributed by atoms with E-state index in [1.807, 2.05) is 32.9 Å². The van der Waals surface area contributed by atoms with Crippen molar-refractivity contribution in [3.63, 3.8) is 0 Å². The molecule has 3 aromatic rings. The van der Waals surface area contributed by atoms with E-state index in [4.69, 9.17) is 4.74 Å². The van der Waals surface area contributed by atoms with E-state index in [2.05, 4.69) is 20.3 Å². The number of pyridine rings is 1. The number of alkyl halides is 2. The number of hydrogen-bond donors (Lipinski definition) is 2. The molecule has 0 aliphatic carbocycles. The number of benzene rings is 1. The van der Waals surface area contributed by atoms with Crippen LogP contribution in [0.5, 0.6) is 0 Å². The van der Waals surface area contributed by atoms with Crippen LogP contribution in [0, 0.1) is 12.7 Å². The number of carbonyl (C=O) groups is 1. The van der Waals surface area contributed by atoms with Gasteiger partial charge in [-0.25, -0.2) is 24.1 Å². The van der Waals surface area contributed by atoms with Crippen molar-refractivity contribution in [2.75, 3.05) is 18.4 Å². The molecule has 4 rings (SSSR count). The number of aliphatic hydroxyl groups is 1. The van der Waals surface area contributed by atoms with E-state index in [9.17, 15) is 18.7 Å². The van der Waals surface area contributed by atoms with Crippen LogP contribution in [0.15, 0.2) is 36.5 Å². The molecule has 41 heavy (non-hydrogen) atoms. The first-order chi connectivity index (χ1) is 19.0. The number of amides is 1. The molecule has 1 amide bonds. The highest BCUT2D eigenvalue weighted by atomic mass is 19.3. The quantitative estimate of drug-likeness (QED) is 0.347. The van der Waals surface area contributed by atoms with Crippen molar-refractivity contribution in [2.45, 2.75) is 78.1 Å². The molecule has 0 fully saturated rings. The summed E-state index contributed by atoms with van der Waals surface area (Å²) in [6.07, 6.45) is 3.88. The number of nitrogens with zero attached hydrogens (tertiary/aromatic N) is 4. The van der Waals surface area contributed by atoms with Gasteiger partial charge in [-0.1, -0.05) is 18.2 Å². The summed E-state index contributed by atoms with van der Waals surface area (Å²) in [5.74, 6) is -4.10. The maximum absolute atomic E-state index is 15.4. The molecule has 0 bridgehead atoms. The molecule has 0 unspecified atom stereocenters. The van der Waals surface area contributed by atoms with Crippen molar-refractivity contribution in [3.05, 3.63) is 64.9 Å². The Hall–Kier alpha value is -3.73. The zero-order valence-electron chi connectivity index (χ0n) is 24.3. The van der Waals surface area contributed by atoms with Gasteiger partial charge < -0.3 is 20.1 Å². The van der Waals surface area contributed by atoms with Crippen LogP contribution in [0.1, 0.15) is 76.5 Å². The Labute approximate surface area is 237 Å². The van der Waals surface area contributed by atoms with Gasteiger partial charge >= 0.3 is 12.0 Å². The minimum atomic E-state index is -3.81. The van der Waals surface area contributed by atoms with Crippen LogP contribution in [0.4, 0.5) is 23.8 Å². The third kappa shape index (κ3) is 6.45. The predicted molar refractivity (Wildman–Crippen MR) is 151 cm³/mol. The number of ether oxygens (including phenoxy) is 1. The lowest BCUT2D eigenvalue weighted by molar-refractivity contribution is -0.170. The van der Waals surface area contributed by atoms with Gasteiger partial charge in [-0.05, 0) is 78.2 Å². The first-order valence-corrected chi connectivity index (χ1v) is 13.5. The van der Waals surface area contributed by atoms with E-state index in [0.29, 0.717) is 42.2 Å². The summed E-state index contributed by atoms with van der Waals surface area (Å²) in [5.41, 5.74) is -1.68. The molecule has 3 heterocycles. The lowest BCUT2D eigenvalue weighted by Crippen LogP contribution is -2.41. The number of rotatable bonds is 6. The summed E-state index contributed by atoms with van der Waals surface area (Å²) < 4.78 is 50.6. The Morgan fingerprint density at radius 2 is 1.88 bits per heavy atom. The number of hydrogen-bond acceptors (Lipinski definition) is 7. The normalized spacial score (nSPS) is 15.5. The smallest absolute Gasteiger partial charge is 0.410 e. The minimum absolute atomic E-state index is 0.00261. The van der Waals surface area contributed by atoms with Crippen molar-refractivity contribution in [3.8, 4) is 0 Å². The van der Waals surface area contributed by atoms with E-state index in [1.54, 1.807) is 24.9 Å². The molecule has 1 aliphatic heterocycles. The molecule has 0 spiro atoms. The number of fused-ring (bicyclic) bond motifs is 1. The third-order valence-corrected chi connectivity index (χ3v) is 6.85. The van der Waals surface area contributed by atoms with Crippen LogP contribution in [0.3, 0.4) is 0 Å². The highest BCUT2D eigenvalue weighted by Gasteiger charge is 2.49. The number of anilines is 1. The fourth-order valence-electron chi connectivity index (χ4n) is 4.57. The molecular formula is C30H36F3N5O3. The second-order valence-corrected chi connectivity index (χ2v) is 11.8. The molecule has 0 radical (unpaired) electrons. The zero-order valence-corrected chi connectivity index (χ0v) is 24.3. The van der Waals surface area contributed by atoms with Crippen molar-refractivity contribution in [1.29, 1.82) is 0 Å². The molecule has 2 aromatic heterocycles. The van der Waals surface area contributed by atoms with Gasteiger partial charge in [0.25, 0.3) is 0 Å². The summed E-state index contributed by atoms with van der Waals surface area (Å²) in [6, 6.07) is 4.85. The van der Waals surface area contributed by atoms with E-state index in [1.165, 1.54) is 12.1 Å². The monoisotopic (exact) mass is 571 g/mol. The Kier molecular flexibility index (Phi) is 8.05. The first-order valence-electron chi connectivity index (χ1n) is 13.5. The minimum Gasteiger partial charge on any atom is -0.444 e. The van der Waals surface area contributed by atoms with Crippen LogP contribution in [0.25, 0.3) is 16.6 Å². The molecule has 8 nitrogen and oxygen atoms in total. The average molecular weight is 572 g/mol. The van der Waals surface area contributed by atoms with Crippen LogP contribution in [-0.4, -0.2) is 55.3 Å². The molecule has 1 atom stereocenters. The standard InChI is InChI=1S/C30H36F3N5O3/c1-17(21-9-8-10-23(24(21)31)30(32,33)29(6,7)40)35-26-22-15-20(16-34-25(22)36-18(2)37-26)19-11-13-38(14-12-19)27(39)41-28(3,4)5/h8-11,15-17,40H,12-14H2,1-7H3,(H,34,35,36,37)/t17-/m1/s1. The molecule has 0 saturated heterocycles.